The zero-order valence-corrected chi connectivity index (χ0v) is 14.7. The highest BCUT2D eigenvalue weighted by Gasteiger charge is 2.09. The maximum atomic E-state index is 6.02. The summed E-state index contributed by atoms with van der Waals surface area (Å²) in [5, 5.41) is 2.05. The van der Waals surface area contributed by atoms with Gasteiger partial charge in [0, 0.05) is 20.8 Å². The molecule has 2 aromatic rings. The predicted molar refractivity (Wildman–Crippen MR) is 91.3 cm³/mol. The summed E-state index contributed by atoms with van der Waals surface area (Å²) < 4.78 is 12.4. The molecule has 1 unspecified atom stereocenters. The first-order chi connectivity index (χ1) is 10.1. The van der Waals surface area contributed by atoms with Crippen LogP contribution >= 0.6 is 27.3 Å². The molecule has 2 rings (SSSR count). The van der Waals surface area contributed by atoms with Crippen molar-refractivity contribution in [2.24, 2.45) is 5.73 Å². The van der Waals surface area contributed by atoms with Crippen LogP contribution in [0, 0.1) is 0 Å². The van der Waals surface area contributed by atoms with Crippen LogP contribution in [0.25, 0.3) is 0 Å². The molecule has 1 aromatic heterocycles. The fourth-order valence-corrected chi connectivity index (χ4v) is 3.35. The van der Waals surface area contributed by atoms with Gasteiger partial charge < -0.3 is 15.2 Å². The molecule has 0 aliphatic carbocycles. The van der Waals surface area contributed by atoms with Crippen molar-refractivity contribution in [3.05, 3.63) is 44.6 Å². The summed E-state index contributed by atoms with van der Waals surface area (Å²) >= 11 is 5.12. The van der Waals surface area contributed by atoms with Crippen molar-refractivity contribution in [2.45, 2.75) is 32.4 Å². The average Bonchev–Trinajstić information content (AvgIpc) is 2.90. The Balaban J connectivity index is 2.09. The summed E-state index contributed by atoms with van der Waals surface area (Å²) in [5.74, 6) is 1.52. The van der Waals surface area contributed by atoms with Crippen molar-refractivity contribution in [1.29, 1.82) is 0 Å². The van der Waals surface area contributed by atoms with Crippen molar-refractivity contribution in [3.8, 4) is 11.5 Å². The third-order valence-corrected chi connectivity index (χ3v) is 4.91. The van der Waals surface area contributed by atoms with E-state index in [-0.39, 0.29) is 6.04 Å². The van der Waals surface area contributed by atoms with Gasteiger partial charge in [0.25, 0.3) is 0 Å². The molecule has 1 aromatic carbocycles. The summed E-state index contributed by atoms with van der Waals surface area (Å²) in [6.07, 6.45) is 1.81. The van der Waals surface area contributed by atoms with Crippen LogP contribution in [0.1, 0.15) is 23.8 Å². The fraction of sp³-hybridized carbons (Fsp3) is 0.375. The third kappa shape index (κ3) is 4.73. The number of nitrogens with two attached hydrogens (primary N) is 1. The van der Waals surface area contributed by atoms with E-state index < -0.39 is 0 Å². The number of hydrogen-bond donors (Lipinski definition) is 1. The van der Waals surface area contributed by atoms with Crippen molar-refractivity contribution < 1.29 is 9.47 Å². The van der Waals surface area contributed by atoms with Gasteiger partial charge in [-0.05, 0) is 52.5 Å². The topological polar surface area (TPSA) is 44.5 Å². The van der Waals surface area contributed by atoms with E-state index in [1.807, 2.05) is 23.6 Å². The molecule has 0 saturated heterocycles. The van der Waals surface area contributed by atoms with Gasteiger partial charge in [0.1, 0.15) is 6.61 Å². The molecule has 1 heterocycles. The van der Waals surface area contributed by atoms with Gasteiger partial charge in [0.15, 0.2) is 11.5 Å². The highest BCUT2D eigenvalue weighted by molar-refractivity contribution is 9.10. The van der Waals surface area contributed by atoms with Crippen molar-refractivity contribution in [2.75, 3.05) is 7.11 Å². The summed E-state index contributed by atoms with van der Waals surface area (Å²) in [5.41, 5.74) is 7.19. The van der Waals surface area contributed by atoms with Gasteiger partial charge in [0.2, 0.25) is 0 Å². The van der Waals surface area contributed by atoms with E-state index in [9.17, 15) is 0 Å². The molecule has 2 N–H and O–H groups in total. The maximum absolute atomic E-state index is 6.02. The van der Waals surface area contributed by atoms with E-state index in [2.05, 4.69) is 28.9 Å². The summed E-state index contributed by atoms with van der Waals surface area (Å²) in [4.78, 5) is 1.17. The lowest BCUT2D eigenvalue weighted by Gasteiger charge is -2.13. The number of ether oxygens (including phenoxy) is 2. The average molecular weight is 370 g/mol. The molecule has 0 bridgehead atoms. The molecule has 1 atom stereocenters. The van der Waals surface area contributed by atoms with Crippen LogP contribution in [-0.4, -0.2) is 13.2 Å². The quantitative estimate of drug-likeness (QED) is 0.787. The Morgan fingerprint density at radius 1 is 1.29 bits per heavy atom. The zero-order chi connectivity index (χ0) is 15.2. The lowest BCUT2D eigenvalue weighted by Crippen LogP contribution is -2.21. The number of halogens is 1. The zero-order valence-electron chi connectivity index (χ0n) is 12.3. The molecule has 0 aliphatic rings. The van der Waals surface area contributed by atoms with Gasteiger partial charge in [-0.1, -0.05) is 13.0 Å². The molecule has 21 heavy (non-hydrogen) atoms. The molecule has 114 valence electrons. The van der Waals surface area contributed by atoms with E-state index in [4.69, 9.17) is 15.2 Å². The molecular formula is C16H20BrNO2S. The number of methoxy groups -OCH3 is 1. The van der Waals surface area contributed by atoms with Crippen LogP contribution in [-0.2, 0) is 13.0 Å². The van der Waals surface area contributed by atoms with Crippen molar-refractivity contribution in [1.82, 2.24) is 0 Å². The SMILES string of the molecule is CCC(N)Cc1ccc(OC)c(OCc2cc(Br)cs2)c1. The molecule has 0 saturated carbocycles. The second-order valence-electron chi connectivity index (χ2n) is 4.88. The van der Waals surface area contributed by atoms with Crippen LogP contribution in [0.15, 0.2) is 34.1 Å². The van der Waals surface area contributed by atoms with Gasteiger partial charge in [-0.3, -0.25) is 0 Å². The standard InChI is InChI=1S/C16H20BrNO2S/c1-3-13(18)6-11-4-5-15(19-2)16(7-11)20-9-14-8-12(17)10-21-14/h4-5,7-8,10,13H,3,6,9,18H2,1-2H3. The van der Waals surface area contributed by atoms with Gasteiger partial charge in [-0.25, -0.2) is 0 Å². The molecule has 0 amide bonds. The Bertz CT molecular complexity index is 585. The molecule has 5 heteroatoms. The van der Waals surface area contributed by atoms with Crippen LogP contribution in [0.5, 0.6) is 11.5 Å². The number of thiophene rings is 1. The molecule has 0 spiro atoms. The Morgan fingerprint density at radius 2 is 2.10 bits per heavy atom. The smallest absolute Gasteiger partial charge is 0.161 e. The number of rotatable bonds is 7. The Morgan fingerprint density at radius 3 is 2.71 bits per heavy atom. The number of benzene rings is 1. The Kier molecular flexibility index (Phi) is 6.08. The van der Waals surface area contributed by atoms with E-state index in [0.29, 0.717) is 6.61 Å². The normalized spacial score (nSPS) is 12.2. The molecule has 0 aliphatic heterocycles. The first-order valence-electron chi connectivity index (χ1n) is 6.90. The van der Waals surface area contributed by atoms with E-state index in [1.165, 1.54) is 10.4 Å². The lowest BCUT2D eigenvalue weighted by atomic mass is 10.0. The van der Waals surface area contributed by atoms with Crippen LogP contribution < -0.4 is 15.2 Å². The van der Waals surface area contributed by atoms with Gasteiger partial charge >= 0.3 is 0 Å². The third-order valence-electron chi connectivity index (χ3n) is 3.24. The Labute approximate surface area is 138 Å². The molecule has 3 nitrogen and oxygen atoms in total. The molecule has 0 radical (unpaired) electrons. The summed E-state index contributed by atoms with van der Waals surface area (Å²) in [6.45, 7) is 2.64. The first-order valence-corrected chi connectivity index (χ1v) is 8.57. The van der Waals surface area contributed by atoms with E-state index >= 15 is 0 Å². The minimum absolute atomic E-state index is 0.180. The summed E-state index contributed by atoms with van der Waals surface area (Å²) in [6, 6.07) is 8.25. The van der Waals surface area contributed by atoms with E-state index in [0.717, 1.165) is 28.8 Å². The highest BCUT2D eigenvalue weighted by Crippen LogP contribution is 2.30. The van der Waals surface area contributed by atoms with Gasteiger partial charge in [-0.15, -0.1) is 11.3 Å². The minimum Gasteiger partial charge on any atom is -0.493 e. The fourth-order valence-electron chi connectivity index (χ4n) is 1.99. The molecular weight excluding hydrogens is 350 g/mol. The van der Waals surface area contributed by atoms with Crippen molar-refractivity contribution >= 4 is 27.3 Å². The van der Waals surface area contributed by atoms with E-state index in [1.54, 1.807) is 18.4 Å². The first kappa shape index (κ1) is 16.3. The summed E-state index contributed by atoms with van der Waals surface area (Å²) in [7, 11) is 1.65. The predicted octanol–water partition coefficient (Wildman–Crippen LogP) is 4.38. The van der Waals surface area contributed by atoms with Crippen LogP contribution in [0.3, 0.4) is 0 Å². The minimum atomic E-state index is 0.180. The second-order valence-corrected chi connectivity index (χ2v) is 6.79. The Hall–Kier alpha value is -1.04. The monoisotopic (exact) mass is 369 g/mol. The van der Waals surface area contributed by atoms with Crippen LogP contribution in [0.2, 0.25) is 0 Å². The highest BCUT2D eigenvalue weighted by atomic mass is 79.9. The number of hydrogen-bond acceptors (Lipinski definition) is 4. The van der Waals surface area contributed by atoms with Crippen LogP contribution in [0.4, 0.5) is 0 Å². The maximum Gasteiger partial charge on any atom is 0.161 e. The lowest BCUT2D eigenvalue weighted by molar-refractivity contribution is 0.287. The molecule has 0 fully saturated rings. The second kappa shape index (κ2) is 7.82. The van der Waals surface area contributed by atoms with Gasteiger partial charge in [0.05, 0.1) is 7.11 Å². The largest absolute Gasteiger partial charge is 0.493 e. The van der Waals surface area contributed by atoms with Gasteiger partial charge in [-0.2, -0.15) is 0 Å². The van der Waals surface area contributed by atoms with Crippen molar-refractivity contribution in [3.63, 3.8) is 0 Å².